The van der Waals surface area contributed by atoms with E-state index >= 15 is 0 Å². The number of halogens is 1. The van der Waals surface area contributed by atoms with Crippen molar-refractivity contribution in [1.82, 2.24) is 0 Å². The highest BCUT2D eigenvalue weighted by molar-refractivity contribution is 6.34. The van der Waals surface area contributed by atoms with Gasteiger partial charge >= 0.3 is 0 Å². The van der Waals surface area contributed by atoms with Gasteiger partial charge in [0.05, 0.1) is 17.3 Å². The number of hydrogen-bond acceptors (Lipinski definition) is 2. The summed E-state index contributed by atoms with van der Waals surface area (Å²) in [6.07, 6.45) is 0. The Labute approximate surface area is 162 Å². The van der Waals surface area contributed by atoms with Crippen LogP contribution in [0.4, 0.5) is 11.4 Å². The number of nitrogens with zero attached hydrogens (tertiary/aromatic N) is 1. The highest BCUT2D eigenvalue weighted by Crippen LogP contribution is 2.33. The van der Waals surface area contributed by atoms with Crippen molar-refractivity contribution in [2.24, 2.45) is 0 Å². The molecule has 0 aliphatic carbocycles. The fraction of sp³-hybridized carbons (Fsp3) is 0.0909. The van der Waals surface area contributed by atoms with Gasteiger partial charge in [0, 0.05) is 16.8 Å². The summed E-state index contributed by atoms with van der Waals surface area (Å²) >= 11 is 6.38. The Morgan fingerprint density at radius 2 is 1.85 bits per heavy atom. The van der Waals surface area contributed by atoms with Gasteiger partial charge in [-0.2, -0.15) is 0 Å². The van der Waals surface area contributed by atoms with Crippen LogP contribution in [0, 0.1) is 6.92 Å². The number of benzene rings is 3. The summed E-state index contributed by atoms with van der Waals surface area (Å²) < 4.78 is 0. The first-order valence-electron chi connectivity index (χ1n) is 8.60. The highest BCUT2D eigenvalue weighted by atomic mass is 35.5. The van der Waals surface area contributed by atoms with E-state index in [1.807, 2.05) is 49.4 Å². The summed E-state index contributed by atoms with van der Waals surface area (Å²) in [4.78, 5) is 26.7. The molecule has 27 heavy (non-hydrogen) atoms. The van der Waals surface area contributed by atoms with E-state index in [9.17, 15) is 9.59 Å². The van der Waals surface area contributed by atoms with E-state index in [4.69, 9.17) is 11.6 Å². The van der Waals surface area contributed by atoms with E-state index in [2.05, 4.69) is 5.32 Å². The van der Waals surface area contributed by atoms with Crippen LogP contribution in [-0.2, 0) is 6.54 Å². The molecule has 0 saturated carbocycles. The lowest BCUT2D eigenvalue weighted by molar-refractivity contribution is 0.0994. The molecule has 3 aromatic rings. The minimum atomic E-state index is -0.224. The summed E-state index contributed by atoms with van der Waals surface area (Å²) in [6.45, 7) is 2.45. The monoisotopic (exact) mass is 376 g/mol. The van der Waals surface area contributed by atoms with Gasteiger partial charge in [-0.3, -0.25) is 9.59 Å². The zero-order valence-corrected chi connectivity index (χ0v) is 15.5. The second kappa shape index (κ2) is 6.89. The van der Waals surface area contributed by atoms with Crippen LogP contribution in [0.15, 0.2) is 66.7 Å². The first-order valence-corrected chi connectivity index (χ1v) is 8.98. The predicted molar refractivity (Wildman–Crippen MR) is 108 cm³/mol. The van der Waals surface area contributed by atoms with Gasteiger partial charge in [-0.1, -0.05) is 47.5 Å². The molecule has 0 radical (unpaired) electrons. The Kier molecular flexibility index (Phi) is 4.42. The number of carbonyl (C=O) groups is 2. The summed E-state index contributed by atoms with van der Waals surface area (Å²) in [5.41, 5.74) is 4.50. The van der Waals surface area contributed by atoms with Crippen LogP contribution >= 0.6 is 11.6 Å². The summed E-state index contributed by atoms with van der Waals surface area (Å²) in [5.74, 6) is -0.267. The van der Waals surface area contributed by atoms with E-state index in [1.165, 1.54) is 0 Å². The average Bonchev–Trinajstić information content (AvgIpc) is 3.00. The Bertz CT molecular complexity index is 1060. The van der Waals surface area contributed by atoms with Gasteiger partial charge in [-0.15, -0.1) is 0 Å². The number of fused-ring (bicyclic) bond motifs is 1. The maximum atomic E-state index is 12.6. The average molecular weight is 377 g/mol. The molecular weight excluding hydrogens is 360 g/mol. The molecule has 0 fully saturated rings. The van der Waals surface area contributed by atoms with E-state index < -0.39 is 0 Å². The minimum absolute atomic E-state index is 0.0433. The molecule has 0 unspecified atom stereocenters. The number of anilines is 2. The predicted octanol–water partition coefficient (Wildman–Crippen LogP) is 5.06. The van der Waals surface area contributed by atoms with Gasteiger partial charge < -0.3 is 10.2 Å². The molecule has 1 N–H and O–H groups in total. The topological polar surface area (TPSA) is 49.4 Å². The number of amides is 2. The van der Waals surface area contributed by atoms with Crippen molar-refractivity contribution in [3.8, 4) is 0 Å². The van der Waals surface area contributed by atoms with Gasteiger partial charge in [0.2, 0.25) is 0 Å². The Hall–Kier alpha value is -3.11. The lowest BCUT2D eigenvalue weighted by atomic mass is 10.1. The van der Waals surface area contributed by atoms with E-state index in [0.29, 0.717) is 34.1 Å². The third kappa shape index (κ3) is 3.32. The van der Waals surface area contributed by atoms with E-state index in [0.717, 1.165) is 11.1 Å². The highest BCUT2D eigenvalue weighted by Gasteiger charge is 2.28. The molecular formula is C22H17ClN2O2. The summed E-state index contributed by atoms with van der Waals surface area (Å²) in [5, 5.41) is 3.21. The molecule has 2 amide bonds. The maximum Gasteiger partial charge on any atom is 0.258 e. The third-order valence-electron chi connectivity index (χ3n) is 4.61. The molecule has 4 nitrogen and oxygen atoms in total. The van der Waals surface area contributed by atoms with Crippen molar-refractivity contribution in [2.45, 2.75) is 13.5 Å². The number of carbonyl (C=O) groups excluding carboxylic acids is 2. The molecule has 1 aliphatic heterocycles. The van der Waals surface area contributed by atoms with Crippen LogP contribution in [0.3, 0.4) is 0 Å². The summed E-state index contributed by atoms with van der Waals surface area (Å²) in [6, 6.07) is 20.1. The fourth-order valence-corrected chi connectivity index (χ4v) is 3.44. The number of rotatable bonds is 3. The van der Waals surface area contributed by atoms with Crippen molar-refractivity contribution in [1.29, 1.82) is 0 Å². The first-order chi connectivity index (χ1) is 13.0. The molecule has 5 heteroatoms. The van der Waals surface area contributed by atoms with Crippen molar-refractivity contribution >= 4 is 34.8 Å². The van der Waals surface area contributed by atoms with Crippen molar-refractivity contribution in [3.05, 3.63) is 94.0 Å². The molecule has 1 heterocycles. The van der Waals surface area contributed by atoms with Crippen molar-refractivity contribution < 1.29 is 9.59 Å². The Morgan fingerprint density at radius 1 is 1.04 bits per heavy atom. The normalized spacial score (nSPS) is 12.8. The fourth-order valence-electron chi connectivity index (χ4n) is 3.22. The molecule has 0 atom stereocenters. The summed E-state index contributed by atoms with van der Waals surface area (Å²) in [7, 11) is 0. The van der Waals surface area contributed by atoms with Crippen LogP contribution in [0.1, 0.15) is 31.8 Å². The molecule has 134 valence electrons. The number of aryl methyl sites for hydroxylation is 1. The molecule has 1 aliphatic rings. The quantitative estimate of drug-likeness (QED) is 0.694. The maximum absolute atomic E-state index is 12.6. The molecule has 4 rings (SSSR count). The van der Waals surface area contributed by atoms with Crippen molar-refractivity contribution in [2.75, 3.05) is 10.2 Å². The van der Waals surface area contributed by atoms with Crippen LogP contribution in [0.25, 0.3) is 0 Å². The van der Waals surface area contributed by atoms with Crippen LogP contribution in [-0.4, -0.2) is 11.8 Å². The third-order valence-corrected chi connectivity index (χ3v) is 4.93. The van der Waals surface area contributed by atoms with Crippen LogP contribution in [0.2, 0.25) is 5.02 Å². The standard InChI is InChI=1S/C22H17ClN2O2/c1-14-5-4-7-15(11-14)21(26)24-20-10-9-17(12-19(20)23)25-13-16-6-2-3-8-18(16)22(25)27/h2-12H,13H2,1H3,(H,24,26). The smallest absolute Gasteiger partial charge is 0.258 e. The van der Waals surface area contributed by atoms with Gasteiger partial charge in [-0.25, -0.2) is 0 Å². The molecule has 3 aromatic carbocycles. The van der Waals surface area contributed by atoms with Gasteiger partial charge in [0.15, 0.2) is 0 Å². The first kappa shape index (κ1) is 17.3. The molecule has 0 aromatic heterocycles. The number of hydrogen-bond donors (Lipinski definition) is 1. The van der Waals surface area contributed by atoms with Crippen molar-refractivity contribution in [3.63, 3.8) is 0 Å². The van der Waals surface area contributed by atoms with E-state index in [-0.39, 0.29) is 11.8 Å². The Morgan fingerprint density at radius 3 is 2.59 bits per heavy atom. The Balaban J connectivity index is 1.55. The number of nitrogens with one attached hydrogen (secondary N) is 1. The minimum Gasteiger partial charge on any atom is -0.321 e. The van der Waals surface area contributed by atoms with Gasteiger partial charge in [0.1, 0.15) is 0 Å². The lowest BCUT2D eigenvalue weighted by Gasteiger charge is -2.17. The van der Waals surface area contributed by atoms with Crippen LogP contribution in [0.5, 0.6) is 0 Å². The van der Waals surface area contributed by atoms with Gasteiger partial charge in [0.25, 0.3) is 11.8 Å². The molecule has 0 spiro atoms. The van der Waals surface area contributed by atoms with E-state index in [1.54, 1.807) is 29.2 Å². The molecule has 0 bridgehead atoms. The van der Waals surface area contributed by atoms with Crippen LogP contribution < -0.4 is 10.2 Å². The largest absolute Gasteiger partial charge is 0.321 e. The molecule has 0 saturated heterocycles. The zero-order chi connectivity index (χ0) is 19.0. The second-order valence-electron chi connectivity index (χ2n) is 6.54. The van der Waals surface area contributed by atoms with Gasteiger partial charge in [-0.05, 0) is 48.9 Å². The zero-order valence-electron chi connectivity index (χ0n) is 14.7. The lowest BCUT2D eigenvalue weighted by Crippen LogP contribution is -2.23. The SMILES string of the molecule is Cc1cccc(C(=O)Nc2ccc(N3Cc4ccccc4C3=O)cc2Cl)c1. The second-order valence-corrected chi connectivity index (χ2v) is 6.94.